The van der Waals surface area contributed by atoms with Gasteiger partial charge < -0.3 is 0 Å². The first-order valence-corrected chi connectivity index (χ1v) is 4.39. The van der Waals surface area contributed by atoms with Gasteiger partial charge in [-0.1, -0.05) is 13.3 Å². The Morgan fingerprint density at radius 3 is 2.75 bits per heavy atom. The van der Waals surface area contributed by atoms with Gasteiger partial charge in [-0.3, -0.25) is 0 Å². The SMILES string of the molecule is [CH2]CCCSC1CC1. The zero-order valence-corrected chi connectivity index (χ0v) is 6.04. The summed E-state index contributed by atoms with van der Waals surface area (Å²) in [5.41, 5.74) is 0. The molecule has 0 bridgehead atoms. The zero-order chi connectivity index (χ0) is 5.82. The molecule has 0 heterocycles. The molecule has 1 radical (unpaired) electrons. The fraction of sp³-hybridized carbons (Fsp3) is 0.857. The molecule has 1 fully saturated rings. The number of thioether (sulfide) groups is 1. The number of rotatable bonds is 4. The summed E-state index contributed by atoms with van der Waals surface area (Å²) in [6.45, 7) is 3.79. The highest BCUT2D eigenvalue weighted by Crippen LogP contribution is 2.34. The van der Waals surface area contributed by atoms with Crippen molar-refractivity contribution in [3.63, 3.8) is 0 Å². The molecule has 1 saturated carbocycles. The second kappa shape index (κ2) is 3.39. The molecule has 1 aliphatic rings. The lowest BCUT2D eigenvalue weighted by atomic mass is 10.4. The standard InChI is InChI=1S/C7H13S/c1-2-3-6-8-7-4-5-7/h7H,1-6H2. The van der Waals surface area contributed by atoms with E-state index in [0.717, 1.165) is 11.7 Å². The minimum Gasteiger partial charge on any atom is -0.159 e. The van der Waals surface area contributed by atoms with Crippen LogP contribution in [-0.2, 0) is 0 Å². The summed E-state index contributed by atoms with van der Waals surface area (Å²) in [7, 11) is 0. The lowest BCUT2D eigenvalue weighted by Crippen LogP contribution is -1.78. The molecule has 0 atom stereocenters. The monoisotopic (exact) mass is 129 g/mol. The third-order valence-corrected chi connectivity index (χ3v) is 2.74. The van der Waals surface area contributed by atoms with Crippen LogP contribution in [0.3, 0.4) is 0 Å². The molecule has 47 valence electrons. The van der Waals surface area contributed by atoms with Gasteiger partial charge in [0.15, 0.2) is 0 Å². The Morgan fingerprint density at radius 1 is 1.50 bits per heavy atom. The van der Waals surface area contributed by atoms with E-state index in [-0.39, 0.29) is 0 Å². The van der Waals surface area contributed by atoms with Crippen LogP contribution in [0.1, 0.15) is 25.7 Å². The van der Waals surface area contributed by atoms with Crippen LogP contribution in [0, 0.1) is 6.92 Å². The summed E-state index contributed by atoms with van der Waals surface area (Å²) in [4.78, 5) is 0. The van der Waals surface area contributed by atoms with Gasteiger partial charge in [0.05, 0.1) is 0 Å². The second-order valence-corrected chi connectivity index (χ2v) is 3.69. The third-order valence-electron chi connectivity index (χ3n) is 1.27. The van der Waals surface area contributed by atoms with Crippen LogP contribution in [0.2, 0.25) is 0 Å². The Balaban J connectivity index is 1.74. The maximum atomic E-state index is 3.79. The van der Waals surface area contributed by atoms with E-state index >= 15 is 0 Å². The van der Waals surface area contributed by atoms with E-state index in [0.29, 0.717) is 0 Å². The van der Waals surface area contributed by atoms with Crippen molar-refractivity contribution < 1.29 is 0 Å². The van der Waals surface area contributed by atoms with Gasteiger partial charge in [-0.2, -0.15) is 11.8 Å². The highest BCUT2D eigenvalue weighted by atomic mass is 32.2. The molecule has 0 aromatic heterocycles. The van der Waals surface area contributed by atoms with Crippen molar-refractivity contribution in [1.29, 1.82) is 0 Å². The van der Waals surface area contributed by atoms with Crippen LogP contribution in [-0.4, -0.2) is 11.0 Å². The van der Waals surface area contributed by atoms with E-state index in [1.807, 2.05) is 0 Å². The molecule has 0 nitrogen and oxygen atoms in total. The van der Waals surface area contributed by atoms with Crippen LogP contribution < -0.4 is 0 Å². The van der Waals surface area contributed by atoms with Gasteiger partial charge >= 0.3 is 0 Å². The van der Waals surface area contributed by atoms with Crippen molar-refractivity contribution in [2.24, 2.45) is 0 Å². The van der Waals surface area contributed by atoms with Crippen molar-refractivity contribution >= 4 is 11.8 Å². The Hall–Kier alpha value is 0.350. The molecular formula is C7H13S. The first kappa shape index (κ1) is 6.47. The number of hydrogen-bond acceptors (Lipinski definition) is 1. The van der Waals surface area contributed by atoms with E-state index in [4.69, 9.17) is 0 Å². The molecule has 0 saturated heterocycles. The molecule has 8 heavy (non-hydrogen) atoms. The van der Waals surface area contributed by atoms with E-state index in [1.54, 1.807) is 0 Å². The average molecular weight is 129 g/mol. The molecule has 0 unspecified atom stereocenters. The Bertz CT molecular complexity index is 57.4. The van der Waals surface area contributed by atoms with E-state index in [2.05, 4.69) is 18.7 Å². The molecule has 1 heteroatoms. The Morgan fingerprint density at radius 2 is 2.25 bits per heavy atom. The highest BCUT2D eigenvalue weighted by Gasteiger charge is 2.20. The molecule has 0 amide bonds. The van der Waals surface area contributed by atoms with Gasteiger partial charge in [0.1, 0.15) is 0 Å². The summed E-state index contributed by atoms with van der Waals surface area (Å²) >= 11 is 2.13. The van der Waals surface area contributed by atoms with Crippen LogP contribution in [0.4, 0.5) is 0 Å². The molecule has 0 spiro atoms. The predicted molar refractivity (Wildman–Crippen MR) is 40.1 cm³/mol. The summed E-state index contributed by atoms with van der Waals surface area (Å²) in [5, 5.41) is 1.04. The smallest absolute Gasteiger partial charge is 0.00478 e. The fourth-order valence-corrected chi connectivity index (χ4v) is 1.76. The minimum atomic E-state index is 1.04. The second-order valence-electron chi connectivity index (χ2n) is 2.28. The highest BCUT2D eigenvalue weighted by molar-refractivity contribution is 8.00. The topological polar surface area (TPSA) is 0 Å². The van der Waals surface area contributed by atoms with Crippen LogP contribution in [0.5, 0.6) is 0 Å². The lowest BCUT2D eigenvalue weighted by Gasteiger charge is -1.93. The molecule has 1 aliphatic carbocycles. The summed E-state index contributed by atoms with van der Waals surface area (Å²) < 4.78 is 0. The number of unbranched alkanes of at least 4 members (excludes halogenated alkanes) is 1. The minimum absolute atomic E-state index is 1.04. The van der Waals surface area contributed by atoms with Gasteiger partial charge in [0, 0.05) is 5.25 Å². The van der Waals surface area contributed by atoms with Gasteiger partial charge in [0.25, 0.3) is 0 Å². The quantitative estimate of drug-likeness (QED) is 0.525. The van der Waals surface area contributed by atoms with Crippen molar-refractivity contribution in [2.75, 3.05) is 5.75 Å². The molecule has 0 aromatic carbocycles. The van der Waals surface area contributed by atoms with Crippen LogP contribution in [0.25, 0.3) is 0 Å². The molecule has 0 N–H and O–H groups in total. The van der Waals surface area contributed by atoms with Gasteiger partial charge in [0.2, 0.25) is 0 Å². The van der Waals surface area contributed by atoms with Crippen LogP contribution in [0.15, 0.2) is 0 Å². The van der Waals surface area contributed by atoms with Gasteiger partial charge in [-0.05, 0) is 25.0 Å². The third kappa shape index (κ3) is 2.61. The molecular weight excluding hydrogens is 116 g/mol. The lowest BCUT2D eigenvalue weighted by molar-refractivity contribution is 0.968. The zero-order valence-electron chi connectivity index (χ0n) is 5.23. The summed E-state index contributed by atoms with van der Waals surface area (Å²) in [6.07, 6.45) is 5.37. The van der Waals surface area contributed by atoms with Crippen molar-refractivity contribution in [2.45, 2.75) is 30.9 Å². The normalized spacial score (nSPS) is 19.1. The molecule has 1 rings (SSSR count). The largest absolute Gasteiger partial charge is 0.159 e. The fourth-order valence-electron chi connectivity index (χ4n) is 0.587. The average Bonchev–Trinajstić information content (AvgIpc) is 2.51. The Kier molecular flexibility index (Phi) is 2.74. The maximum absolute atomic E-state index is 3.79. The van der Waals surface area contributed by atoms with Crippen molar-refractivity contribution in [3.05, 3.63) is 6.92 Å². The first-order valence-electron chi connectivity index (χ1n) is 3.34. The van der Waals surface area contributed by atoms with Gasteiger partial charge in [-0.15, -0.1) is 0 Å². The van der Waals surface area contributed by atoms with Crippen LogP contribution >= 0.6 is 11.8 Å². The predicted octanol–water partition coefficient (Wildman–Crippen LogP) is 2.50. The van der Waals surface area contributed by atoms with Crippen molar-refractivity contribution in [3.8, 4) is 0 Å². The maximum Gasteiger partial charge on any atom is 0.00478 e. The summed E-state index contributed by atoms with van der Waals surface area (Å²) in [5.74, 6) is 1.34. The summed E-state index contributed by atoms with van der Waals surface area (Å²) in [6, 6.07) is 0. The van der Waals surface area contributed by atoms with Gasteiger partial charge in [-0.25, -0.2) is 0 Å². The Labute approximate surface area is 56.0 Å². The van der Waals surface area contributed by atoms with E-state index in [1.165, 1.54) is 25.0 Å². The van der Waals surface area contributed by atoms with Crippen molar-refractivity contribution in [1.82, 2.24) is 0 Å². The first-order chi connectivity index (χ1) is 3.93. The number of hydrogen-bond donors (Lipinski definition) is 0. The van der Waals surface area contributed by atoms with E-state index in [9.17, 15) is 0 Å². The van der Waals surface area contributed by atoms with E-state index < -0.39 is 0 Å². The molecule has 0 aromatic rings. The molecule has 0 aliphatic heterocycles.